The molecule has 8 heteroatoms. The maximum Gasteiger partial charge on any atom is 0.290 e. The van der Waals surface area contributed by atoms with Crippen LogP contribution in [0.3, 0.4) is 0 Å². The van der Waals surface area contributed by atoms with Crippen LogP contribution in [0.5, 0.6) is 5.88 Å². The second-order valence-corrected chi connectivity index (χ2v) is 6.91. The Bertz CT molecular complexity index is 755. The highest BCUT2D eigenvalue weighted by atomic mass is 79.9. The van der Waals surface area contributed by atoms with Gasteiger partial charge in [0.15, 0.2) is 5.69 Å². The van der Waals surface area contributed by atoms with Crippen LogP contribution in [0, 0.1) is 0 Å². The highest BCUT2D eigenvalue weighted by molar-refractivity contribution is 9.10. The van der Waals surface area contributed by atoms with Gasteiger partial charge in [-0.05, 0) is 18.2 Å². The molecule has 1 N–H and O–H groups in total. The Labute approximate surface area is 139 Å². The number of amides is 1. The van der Waals surface area contributed by atoms with Crippen molar-refractivity contribution in [2.24, 2.45) is 10.2 Å². The molecule has 22 heavy (non-hydrogen) atoms. The minimum absolute atomic E-state index is 0.0485. The molecule has 1 aliphatic rings. The van der Waals surface area contributed by atoms with Crippen molar-refractivity contribution < 1.29 is 14.6 Å². The lowest BCUT2D eigenvalue weighted by Crippen LogP contribution is -2.22. The number of ether oxygens (including phenoxy) is 1. The van der Waals surface area contributed by atoms with E-state index in [0.29, 0.717) is 5.69 Å². The van der Waals surface area contributed by atoms with Crippen LogP contribution in [0.4, 0.5) is 5.69 Å². The summed E-state index contributed by atoms with van der Waals surface area (Å²) in [6, 6.07) is 5.96. The molecule has 1 aromatic heterocycles. The second kappa shape index (κ2) is 6.39. The van der Waals surface area contributed by atoms with Crippen LogP contribution >= 0.6 is 27.7 Å². The Morgan fingerprint density at radius 1 is 1.55 bits per heavy atom. The van der Waals surface area contributed by atoms with E-state index in [9.17, 15) is 9.90 Å². The van der Waals surface area contributed by atoms with Crippen LogP contribution in [0.25, 0.3) is 10.9 Å². The highest BCUT2D eigenvalue weighted by Gasteiger charge is 2.27. The van der Waals surface area contributed by atoms with E-state index in [1.165, 1.54) is 7.11 Å². The van der Waals surface area contributed by atoms with Crippen molar-refractivity contribution in [1.82, 2.24) is 4.57 Å². The van der Waals surface area contributed by atoms with Gasteiger partial charge < -0.3 is 14.4 Å². The predicted octanol–water partition coefficient (Wildman–Crippen LogP) is 3.65. The summed E-state index contributed by atoms with van der Waals surface area (Å²) in [5, 5.41) is 18.8. The van der Waals surface area contributed by atoms with Crippen LogP contribution in [0.15, 0.2) is 32.9 Å². The Morgan fingerprint density at radius 2 is 2.32 bits per heavy atom. The van der Waals surface area contributed by atoms with Crippen molar-refractivity contribution in [2.45, 2.75) is 6.04 Å². The minimum atomic E-state index is -0.489. The average Bonchev–Trinajstić information content (AvgIpc) is 2.68. The van der Waals surface area contributed by atoms with E-state index in [0.717, 1.165) is 26.9 Å². The number of aromatic nitrogens is 1. The Balaban J connectivity index is 2.09. The summed E-state index contributed by atoms with van der Waals surface area (Å²) in [5.41, 5.74) is 1.21. The maximum absolute atomic E-state index is 11.5. The van der Waals surface area contributed by atoms with E-state index in [4.69, 9.17) is 4.74 Å². The number of hydrogen-bond donors (Lipinski definition) is 1. The molecule has 1 fully saturated rings. The van der Waals surface area contributed by atoms with E-state index in [1.54, 1.807) is 0 Å². The molecule has 6 nitrogen and oxygen atoms in total. The van der Waals surface area contributed by atoms with E-state index in [-0.39, 0.29) is 18.5 Å². The molecule has 116 valence electrons. The van der Waals surface area contributed by atoms with Gasteiger partial charge in [0.2, 0.25) is 5.88 Å². The van der Waals surface area contributed by atoms with Crippen molar-refractivity contribution in [1.29, 1.82) is 0 Å². The first-order valence-electron chi connectivity index (χ1n) is 6.65. The zero-order valence-corrected chi connectivity index (χ0v) is 14.2. The molecule has 0 spiro atoms. The van der Waals surface area contributed by atoms with Crippen LogP contribution < -0.4 is 0 Å². The number of fused-ring (bicyclic) bond motifs is 1. The van der Waals surface area contributed by atoms with Crippen LogP contribution in [0.2, 0.25) is 0 Å². The number of azo groups is 1. The number of carbonyl (C=O) groups excluding carboxylic acids is 1. The first-order valence-corrected chi connectivity index (χ1v) is 8.60. The summed E-state index contributed by atoms with van der Waals surface area (Å²) in [6.45, 7) is -0.133. The van der Waals surface area contributed by atoms with Crippen molar-refractivity contribution >= 4 is 50.2 Å². The zero-order chi connectivity index (χ0) is 15.7. The molecule has 2 aromatic rings. The Kier molecular flexibility index (Phi) is 4.51. The van der Waals surface area contributed by atoms with Gasteiger partial charge >= 0.3 is 0 Å². The summed E-state index contributed by atoms with van der Waals surface area (Å²) in [5.74, 6) is 1.46. The third-order valence-corrected chi connectivity index (χ3v) is 5.16. The molecule has 0 atom stereocenters. The lowest BCUT2D eigenvalue weighted by Gasteiger charge is -2.27. The van der Waals surface area contributed by atoms with Crippen LogP contribution in [-0.4, -0.2) is 40.8 Å². The molecular weight excluding hydrogens is 370 g/mol. The van der Waals surface area contributed by atoms with Gasteiger partial charge in [0.1, 0.15) is 6.61 Å². The number of methoxy groups -OCH3 is 1. The lowest BCUT2D eigenvalue weighted by atomic mass is 10.2. The van der Waals surface area contributed by atoms with Crippen molar-refractivity contribution in [3.8, 4) is 5.88 Å². The van der Waals surface area contributed by atoms with Gasteiger partial charge in [0, 0.05) is 28.5 Å². The number of hydrogen-bond acceptors (Lipinski definition) is 5. The lowest BCUT2D eigenvalue weighted by molar-refractivity contribution is -0.121. The van der Waals surface area contributed by atoms with Gasteiger partial charge in [0.05, 0.1) is 11.6 Å². The number of nitrogens with zero attached hydrogens (tertiary/aromatic N) is 3. The molecular formula is C14H14BrN3O3S. The molecule has 0 aliphatic carbocycles. The number of aromatic hydroxyl groups is 1. The van der Waals surface area contributed by atoms with E-state index < -0.39 is 5.91 Å². The summed E-state index contributed by atoms with van der Waals surface area (Å²) < 4.78 is 7.46. The number of halogens is 1. The minimum Gasteiger partial charge on any atom is -0.493 e. The molecule has 0 bridgehead atoms. The SMILES string of the molecule is COCC(=O)N=Nc1c(O)n(C2CSC2)c2ccc(Br)cc12. The zero-order valence-electron chi connectivity index (χ0n) is 11.8. The molecule has 3 rings (SSSR count). The number of benzene rings is 1. The normalized spacial score (nSPS) is 15.5. The van der Waals surface area contributed by atoms with Crippen molar-refractivity contribution in [2.75, 3.05) is 25.2 Å². The maximum atomic E-state index is 11.5. The standard InChI is InChI=1S/C14H14BrN3O3S/c1-21-5-12(19)16-17-13-10-4-8(15)2-3-11(10)18(14(13)20)9-6-22-7-9/h2-4,9,20H,5-7H2,1H3. The smallest absolute Gasteiger partial charge is 0.290 e. The number of carbonyl (C=O) groups is 1. The van der Waals surface area contributed by atoms with Gasteiger partial charge in [-0.2, -0.15) is 11.8 Å². The molecule has 2 heterocycles. The van der Waals surface area contributed by atoms with E-state index in [2.05, 4.69) is 26.2 Å². The third kappa shape index (κ3) is 2.78. The number of rotatable bonds is 4. The molecule has 1 amide bonds. The first-order chi connectivity index (χ1) is 10.6. The largest absolute Gasteiger partial charge is 0.493 e. The Hall–Kier alpha value is -1.38. The fourth-order valence-corrected chi connectivity index (χ4v) is 3.46. The van der Waals surface area contributed by atoms with Gasteiger partial charge in [0.25, 0.3) is 5.91 Å². The summed E-state index contributed by atoms with van der Waals surface area (Å²) in [6.07, 6.45) is 0. The summed E-state index contributed by atoms with van der Waals surface area (Å²) in [7, 11) is 1.42. The fraction of sp³-hybridized carbons (Fsp3) is 0.357. The van der Waals surface area contributed by atoms with E-state index >= 15 is 0 Å². The molecule has 1 saturated heterocycles. The van der Waals surface area contributed by atoms with Crippen LogP contribution in [0.1, 0.15) is 6.04 Å². The van der Waals surface area contributed by atoms with Gasteiger partial charge in [-0.3, -0.25) is 4.79 Å². The molecule has 0 unspecified atom stereocenters. The first kappa shape index (κ1) is 15.5. The average molecular weight is 384 g/mol. The predicted molar refractivity (Wildman–Crippen MR) is 89.1 cm³/mol. The molecule has 0 saturated carbocycles. The quantitative estimate of drug-likeness (QED) is 0.817. The van der Waals surface area contributed by atoms with Crippen molar-refractivity contribution in [3.05, 3.63) is 22.7 Å². The van der Waals surface area contributed by atoms with Crippen LogP contribution in [-0.2, 0) is 9.53 Å². The summed E-state index contributed by atoms with van der Waals surface area (Å²) in [4.78, 5) is 11.5. The highest BCUT2D eigenvalue weighted by Crippen LogP contribution is 2.45. The van der Waals surface area contributed by atoms with Gasteiger partial charge in [-0.15, -0.1) is 10.2 Å². The molecule has 0 radical (unpaired) electrons. The fourth-order valence-electron chi connectivity index (χ4n) is 2.36. The monoisotopic (exact) mass is 383 g/mol. The van der Waals surface area contributed by atoms with Crippen molar-refractivity contribution in [3.63, 3.8) is 0 Å². The molecule has 1 aliphatic heterocycles. The van der Waals surface area contributed by atoms with E-state index in [1.807, 2.05) is 34.5 Å². The number of thioether (sulfide) groups is 1. The Morgan fingerprint density at radius 3 is 2.95 bits per heavy atom. The van der Waals surface area contributed by atoms with Gasteiger partial charge in [-0.1, -0.05) is 15.9 Å². The third-order valence-electron chi connectivity index (χ3n) is 3.43. The summed E-state index contributed by atoms with van der Waals surface area (Å²) >= 11 is 5.25. The molecule has 1 aromatic carbocycles. The van der Waals surface area contributed by atoms with Gasteiger partial charge in [-0.25, -0.2) is 0 Å². The second-order valence-electron chi connectivity index (χ2n) is 4.92. The topological polar surface area (TPSA) is 76.2 Å².